The van der Waals surface area contributed by atoms with Crippen molar-refractivity contribution in [1.82, 2.24) is 14.5 Å². The van der Waals surface area contributed by atoms with E-state index in [2.05, 4.69) is 15.3 Å². The molecule has 2 aromatic heterocycles. The van der Waals surface area contributed by atoms with Crippen LogP contribution in [0.4, 0.5) is 11.5 Å². The van der Waals surface area contributed by atoms with Crippen molar-refractivity contribution in [1.29, 1.82) is 0 Å². The van der Waals surface area contributed by atoms with Gasteiger partial charge in [0.15, 0.2) is 5.82 Å². The van der Waals surface area contributed by atoms with Crippen LogP contribution in [0, 0.1) is 0 Å². The van der Waals surface area contributed by atoms with Gasteiger partial charge < -0.3 is 19.4 Å². The first-order valence-electron chi connectivity index (χ1n) is 7.46. The lowest BCUT2D eigenvalue weighted by molar-refractivity contribution is 0.242. The van der Waals surface area contributed by atoms with Crippen LogP contribution in [0.25, 0.3) is 11.0 Å². The van der Waals surface area contributed by atoms with Crippen LogP contribution in [-0.4, -0.2) is 27.7 Å². The van der Waals surface area contributed by atoms with Crippen molar-refractivity contribution in [2.24, 2.45) is 7.05 Å². The molecule has 23 heavy (non-hydrogen) atoms. The van der Waals surface area contributed by atoms with Gasteiger partial charge in [-0.25, -0.2) is 9.97 Å². The van der Waals surface area contributed by atoms with Crippen LogP contribution in [0.1, 0.15) is 13.8 Å². The zero-order chi connectivity index (χ0) is 16.4. The van der Waals surface area contributed by atoms with Crippen LogP contribution in [0.15, 0.2) is 36.8 Å². The number of methoxy groups -OCH3 is 1. The van der Waals surface area contributed by atoms with Crippen LogP contribution in [0.5, 0.6) is 11.5 Å². The van der Waals surface area contributed by atoms with Crippen LogP contribution >= 0.6 is 0 Å². The minimum Gasteiger partial charge on any atom is -0.497 e. The number of rotatable bonds is 5. The van der Waals surface area contributed by atoms with E-state index in [4.69, 9.17) is 9.47 Å². The van der Waals surface area contributed by atoms with Crippen LogP contribution < -0.4 is 14.8 Å². The van der Waals surface area contributed by atoms with Crippen LogP contribution in [-0.2, 0) is 7.05 Å². The monoisotopic (exact) mass is 312 g/mol. The predicted octanol–water partition coefficient (Wildman–Crippen LogP) is 3.51. The van der Waals surface area contributed by atoms with Gasteiger partial charge in [-0.15, -0.1) is 0 Å². The predicted molar refractivity (Wildman–Crippen MR) is 90.5 cm³/mol. The molecule has 0 aliphatic heterocycles. The average Bonchev–Trinajstić information content (AvgIpc) is 2.91. The molecular weight excluding hydrogens is 292 g/mol. The molecule has 0 radical (unpaired) electrons. The first-order chi connectivity index (χ1) is 11.1. The molecule has 6 nitrogen and oxygen atoms in total. The van der Waals surface area contributed by atoms with Gasteiger partial charge in [0.2, 0.25) is 0 Å². The highest BCUT2D eigenvalue weighted by Gasteiger charge is 2.12. The van der Waals surface area contributed by atoms with E-state index >= 15 is 0 Å². The Bertz CT molecular complexity index is 827. The highest BCUT2D eigenvalue weighted by molar-refractivity contribution is 5.88. The third-order valence-electron chi connectivity index (χ3n) is 3.46. The Balaban J connectivity index is 2.02. The van der Waals surface area contributed by atoms with E-state index in [0.717, 1.165) is 34.0 Å². The van der Waals surface area contributed by atoms with Crippen molar-refractivity contribution in [2.75, 3.05) is 12.4 Å². The zero-order valence-electron chi connectivity index (χ0n) is 13.7. The fourth-order valence-corrected chi connectivity index (χ4v) is 2.42. The molecule has 0 unspecified atom stereocenters. The van der Waals surface area contributed by atoms with Gasteiger partial charge in [-0.2, -0.15) is 0 Å². The van der Waals surface area contributed by atoms with Gasteiger partial charge >= 0.3 is 0 Å². The minimum atomic E-state index is 0.0584. The molecule has 0 aliphatic rings. The van der Waals surface area contributed by atoms with E-state index in [1.807, 2.05) is 55.9 Å². The number of nitrogens with zero attached hydrogens (tertiary/aromatic N) is 3. The standard InChI is InChI=1S/C17H20N4O2/c1-11(2)23-15-9-12(22-4)5-6-13(15)20-17-16-14(18-10-19-17)7-8-21(16)3/h5-11H,1-4H3,(H,18,19,20). The summed E-state index contributed by atoms with van der Waals surface area (Å²) in [5, 5.41) is 3.35. The van der Waals surface area contributed by atoms with E-state index in [-0.39, 0.29) is 6.10 Å². The molecule has 0 amide bonds. The number of hydrogen-bond donors (Lipinski definition) is 1. The zero-order valence-corrected chi connectivity index (χ0v) is 13.7. The molecule has 1 aromatic carbocycles. The topological polar surface area (TPSA) is 61.2 Å². The molecule has 0 fully saturated rings. The first-order valence-corrected chi connectivity index (χ1v) is 7.46. The fraction of sp³-hybridized carbons (Fsp3) is 0.294. The van der Waals surface area contributed by atoms with E-state index in [0.29, 0.717) is 0 Å². The second-order valence-electron chi connectivity index (χ2n) is 5.54. The van der Waals surface area contributed by atoms with Crippen molar-refractivity contribution >= 4 is 22.5 Å². The third-order valence-corrected chi connectivity index (χ3v) is 3.46. The smallest absolute Gasteiger partial charge is 0.158 e. The molecule has 3 rings (SSSR count). The Labute approximate surface area is 135 Å². The summed E-state index contributed by atoms with van der Waals surface area (Å²) in [7, 11) is 3.61. The summed E-state index contributed by atoms with van der Waals surface area (Å²) in [5.74, 6) is 2.21. The molecular formula is C17H20N4O2. The van der Waals surface area contributed by atoms with Crippen molar-refractivity contribution in [2.45, 2.75) is 20.0 Å². The quantitative estimate of drug-likeness (QED) is 0.781. The van der Waals surface area contributed by atoms with Gasteiger partial charge in [0.25, 0.3) is 0 Å². The fourth-order valence-electron chi connectivity index (χ4n) is 2.42. The molecule has 0 spiro atoms. The van der Waals surface area contributed by atoms with Gasteiger partial charge in [0, 0.05) is 19.3 Å². The highest BCUT2D eigenvalue weighted by Crippen LogP contribution is 2.33. The number of anilines is 2. The number of benzene rings is 1. The lowest BCUT2D eigenvalue weighted by atomic mass is 10.2. The number of nitrogens with one attached hydrogen (secondary N) is 1. The second kappa shape index (κ2) is 6.16. The third kappa shape index (κ3) is 3.06. The molecule has 2 heterocycles. The van der Waals surface area contributed by atoms with Crippen LogP contribution in [0.3, 0.4) is 0 Å². The first kappa shape index (κ1) is 15.1. The van der Waals surface area contributed by atoms with Gasteiger partial charge in [-0.1, -0.05) is 0 Å². The van der Waals surface area contributed by atoms with Crippen molar-refractivity contribution in [3.63, 3.8) is 0 Å². The number of fused-ring (bicyclic) bond motifs is 1. The maximum absolute atomic E-state index is 5.89. The summed E-state index contributed by atoms with van der Waals surface area (Å²) < 4.78 is 13.2. The summed E-state index contributed by atoms with van der Waals surface area (Å²) in [4.78, 5) is 8.65. The normalized spacial score (nSPS) is 11.0. The minimum absolute atomic E-state index is 0.0584. The summed E-state index contributed by atoms with van der Waals surface area (Å²) in [6, 6.07) is 7.64. The van der Waals surface area contributed by atoms with Crippen LogP contribution in [0.2, 0.25) is 0 Å². The number of aromatic nitrogens is 3. The van der Waals surface area contributed by atoms with E-state index in [9.17, 15) is 0 Å². The van der Waals surface area contributed by atoms with Crippen molar-refractivity contribution < 1.29 is 9.47 Å². The molecule has 120 valence electrons. The van der Waals surface area contributed by atoms with Gasteiger partial charge in [0.05, 0.1) is 24.4 Å². The molecule has 1 N–H and O–H groups in total. The maximum atomic E-state index is 5.89. The van der Waals surface area contributed by atoms with E-state index < -0.39 is 0 Å². The van der Waals surface area contributed by atoms with Crippen molar-refractivity contribution in [3.8, 4) is 11.5 Å². The Morgan fingerprint density at radius 3 is 2.74 bits per heavy atom. The Hall–Kier alpha value is -2.76. The number of ether oxygens (including phenoxy) is 2. The SMILES string of the molecule is COc1ccc(Nc2ncnc3ccn(C)c23)c(OC(C)C)c1. The summed E-state index contributed by atoms with van der Waals surface area (Å²) in [6.07, 6.45) is 3.57. The summed E-state index contributed by atoms with van der Waals surface area (Å²) >= 11 is 0. The lowest BCUT2D eigenvalue weighted by Crippen LogP contribution is -2.08. The Morgan fingerprint density at radius 2 is 2.00 bits per heavy atom. The molecule has 0 bridgehead atoms. The molecule has 0 aliphatic carbocycles. The maximum Gasteiger partial charge on any atom is 0.158 e. The number of aryl methyl sites for hydroxylation is 1. The van der Waals surface area contributed by atoms with E-state index in [1.54, 1.807) is 13.4 Å². The second-order valence-corrected chi connectivity index (χ2v) is 5.54. The molecule has 0 saturated carbocycles. The molecule has 6 heteroatoms. The Morgan fingerprint density at radius 1 is 1.17 bits per heavy atom. The van der Waals surface area contributed by atoms with Crippen molar-refractivity contribution in [3.05, 3.63) is 36.8 Å². The largest absolute Gasteiger partial charge is 0.497 e. The van der Waals surface area contributed by atoms with Gasteiger partial charge in [0.1, 0.15) is 23.3 Å². The summed E-state index contributed by atoms with van der Waals surface area (Å²) in [6.45, 7) is 3.98. The number of hydrogen-bond acceptors (Lipinski definition) is 5. The lowest BCUT2D eigenvalue weighted by Gasteiger charge is -2.16. The molecule has 3 aromatic rings. The summed E-state index contributed by atoms with van der Waals surface area (Å²) in [5.41, 5.74) is 2.67. The van der Waals surface area contributed by atoms with E-state index in [1.165, 1.54) is 0 Å². The molecule has 0 atom stereocenters. The average molecular weight is 312 g/mol. The van der Waals surface area contributed by atoms with Gasteiger partial charge in [-0.05, 0) is 32.0 Å². The highest BCUT2D eigenvalue weighted by atomic mass is 16.5. The molecule has 0 saturated heterocycles. The Kier molecular flexibility index (Phi) is 4.06. The van der Waals surface area contributed by atoms with Gasteiger partial charge in [-0.3, -0.25) is 0 Å².